The van der Waals surface area contributed by atoms with E-state index in [9.17, 15) is 0 Å². The first kappa shape index (κ1) is 10.2. The van der Waals surface area contributed by atoms with E-state index < -0.39 is 0 Å². The Balaban J connectivity index is 2.66. The largest absolute Gasteiger partial charge is 0.271 e. The summed E-state index contributed by atoms with van der Waals surface area (Å²) in [4.78, 5) is 1.30. The van der Waals surface area contributed by atoms with Crippen LogP contribution in [-0.4, -0.2) is 0 Å². The quantitative estimate of drug-likeness (QED) is 0.636. The molecule has 0 aliphatic heterocycles. The van der Waals surface area contributed by atoms with Gasteiger partial charge in [-0.2, -0.15) is 0 Å². The molecule has 0 fully saturated rings. The summed E-state index contributed by atoms with van der Waals surface area (Å²) in [6.07, 6.45) is 2.23. The zero-order valence-electron chi connectivity index (χ0n) is 7.01. The van der Waals surface area contributed by atoms with E-state index in [2.05, 4.69) is 39.7 Å². The Hall–Kier alpha value is 0.1000. The molecule has 0 saturated heterocycles. The number of hydrogen-bond acceptors (Lipinski definition) is 3. The molecule has 1 rings (SSSR count). The molecule has 0 saturated carbocycles. The lowest BCUT2D eigenvalue weighted by Gasteiger charge is -2.11. The van der Waals surface area contributed by atoms with E-state index in [0.717, 1.165) is 17.3 Å². The Kier molecular flexibility index (Phi) is 4.21. The van der Waals surface area contributed by atoms with Crippen LogP contribution in [0.25, 0.3) is 0 Å². The van der Waals surface area contributed by atoms with Crippen LogP contribution in [0.1, 0.15) is 30.7 Å². The summed E-state index contributed by atoms with van der Waals surface area (Å²) in [5.41, 5.74) is 2.82. The number of nitrogens with one attached hydrogen (secondary N) is 1. The van der Waals surface area contributed by atoms with Crippen molar-refractivity contribution in [2.45, 2.75) is 25.8 Å². The topological polar surface area (TPSA) is 38.0 Å². The van der Waals surface area contributed by atoms with Crippen LogP contribution < -0.4 is 11.3 Å². The van der Waals surface area contributed by atoms with Crippen molar-refractivity contribution in [3.05, 3.63) is 20.8 Å². The van der Waals surface area contributed by atoms with E-state index in [-0.39, 0.29) is 0 Å². The molecule has 0 aliphatic rings. The van der Waals surface area contributed by atoms with Crippen molar-refractivity contribution in [2.75, 3.05) is 0 Å². The summed E-state index contributed by atoms with van der Waals surface area (Å²) < 4.78 is 1.14. The summed E-state index contributed by atoms with van der Waals surface area (Å²) in [5.74, 6) is 5.44. The van der Waals surface area contributed by atoms with Crippen LogP contribution in [0.4, 0.5) is 0 Å². The first-order valence-corrected chi connectivity index (χ1v) is 5.65. The third-order valence-corrected chi connectivity index (χ3v) is 3.52. The molecule has 1 aromatic rings. The van der Waals surface area contributed by atoms with Crippen molar-refractivity contribution < 1.29 is 0 Å². The summed E-state index contributed by atoms with van der Waals surface area (Å²) in [6, 6.07) is 2.43. The Bertz CT molecular complexity index is 237. The highest BCUT2D eigenvalue weighted by molar-refractivity contribution is 9.10. The summed E-state index contributed by atoms with van der Waals surface area (Å²) in [7, 11) is 0. The highest BCUT2D eigenvalue weighted by atomic mass is 79.9. The molecule has 0 spiro atoms. The minimum absolute atomic E-state index is 0.311. The lowest BCUT2D eigenvalue weighted by molar-refractivity contribution is 0.517. The van der Waals surface area contributed by atoms with Gasteiger partial charge in [0.1, 0.15) is 0 Å². The molecular weight excluding hydrogens is 236 g/mol. The first-order valence-electron chi connectivity index (χ1n) is 3.98. The second-order valence-corrected chi connectivity index (χ2v) is 4.53. The molecule has 0 aliphatic carbocycles. The van der Waals surface area contributed by atoms with Crippen LogP contribution in [0, 0.1) is 0 Å². The standard InChI is InChI=1S/C8H13BrN2S/c1-2-3-7(11-10)8-4-6(9)5-12-8/h4-5,7,11H,2-3,10H2,1H3. The zero-order chi connectivity index (χ0) is 8.97. The maximum atomic E-state index is 5.44. The zero-order valence-corrected chi connectivity index (χ0v) is 9.41. The van der Waals surface area contributed by atoms with Crippen LogP contribution >= 0.6 is 27.3 Å². The van der Waals surface area contributed by atoms with E-state index in [0.29, 0.717) is 6.04 Å². The van der Waals surface area contributed by atoms with Gasteiger partial charge in [0.25, 0.3) is 0 Å². The van der Waals surface area contributed by atoms with Gasteiger partial charge in [0.15, 0.2) is 0 Å². The number of halogens is 1. The molecule has 4 heteroatoms. The summed E-state index contributed by atoms with van der Waals surface area (Å²) >= 11 is 5.16. The summed E-state index contributed by atoms with van der Waals surface area (Å²) in [6.45, 7) is 2.16. The highest BCUT2D eigenvalue weighted by Gasteiger charge is 2.09. The Morgan fingerprint density at radius 2 is 2.50 bits per heavy atom. The molecule has 0 radical (unpaired) electrons. The van der Waals surface area contributed by atoms with Gasteiger partial charge in [-0.15, -0.1) is 11.3 Å². The lowest BCUT2D eigenvalue weighted by Crippen LogP contribution is -2.27. The second kappa shape index (κ2) is 4.97. The molecule has 0 bridgehead atoms. The van der Waals surface area contributed by atoms with Crippen LogP contribution in [0.3, 0.4) is 0 Å². The molecule has 0 amide bonds. The smallest absolute Gasteiger partial charge is 0.0553 e. The van der Waals surface area contributed by atoms with Crippen LogP contribution in [-0.2, 0) is 0 Å². The highest BCUT2D eigenvalue weighted by Crippen LogP contribution is 2.27. The third-order valence-electron chi connectivity index (χ3n) is 1.71. The van der Waals surface area contributed by atoms with Crippen molar-refractivity contribution in [1.29, 1.82) is 0 Å². The number of hydrazine groups is 1. The van der Waals surface area contributed by atoms with Gasteiger partial charge < -0.3 is 0 Å². The van der Waals surface area contributed by atoms with Gasteiger partial charge in [-0.05, 0) is 28.4 Å². The molecule has 1 atom stereocenters. The maximum absolute atomic E-state index is 5.44. The maximum Gasteiger partial charge on any atom is 0.0553 e. The van der Waals surface area contributed by atoms with Crippen molar-refractivity contribution in [2.24, 2.45) is 5.84 Å². The van der Waals surface area contributed by atoms with Crippen molar-refractivity contribution in [3.8, 4) is 0 Å². The molecular formula is C8H13BrN2S. The van der Waals surface area contributed by atoms with Crippen LogP contribution in [0.5, 0.6) is 0 Å². The van der Waals surface area contributed by atoms with Gasteiger partial charge in [0.05, 0.1) is 6.04 Å². The molecule has 2 nitrogen and oxygen atoms in total. The lowest BCUT2D eigenvalue weighted by atomic mass is 10.1. The molecule has 12 heavy (non-hydrogen) atoms. The van der Waals surface area contributed by atoms with Crippen molar-refractivity contribution in [3.63, 3.8) is 0 Å². The van der Waals surface area contributed by atoms with Crippen LogP contribution in [0.15, 0.2) is 15.9 Å². The SMILES string of the molecule is CCCC(NN)c1cc(Br)cs1. The van der Waals surface area contributed by atoms with E-state index in [1.54, 1.807) is 11.3 Å². The van der Waals surface area contributed by atoms with Gasteiger partial charge in [-0.3, -0.25) is 11.3 Å². The molecule has 3 N–H and O–H groups in total. The number of nitrogens with two attached hydrogens (primary N) is 1. The number of rotatable bonds is 4. The second-order valence-electron chi connectivity index (χ2n) is 2.68. The third kappa shape index (κ3) is 2.55. The monoisotopic (exact) mass is 248 g/mol. The van der Waals surface area contributed by atoms with E-state index in [1.807, 2.05) is 0 Å². The normalized spacial score (nSPS) is 13.2. The Labute approximate surface area is 85.3 Å². The Morgan fingerprint density at radius 3 is 2.92 bits per heavy atom. The molecule has 1 aromatic heterocycles. The predicted octanol–water partition coefficient (Wildman–Crippen LogP) is 2.82. The van der Waals surface area contributed by atoms with E-state index >= 15 is 0 Å². The predicted molar refractivity (Wildman–Crippen MR) is 57.0 cm³/mol. The van der Waals surface area contributed by atoms with Gasteiger partial charge in [0, 0.05) is 14.7 Å². The Morgan fingerprint density at radius 1 is 1.75 bits per heavy atom. The van der Waals surface area contributed by atoms with Crippen molar-refractivity contribution in [1.82, 2.24) is 5.43 Å². The van der Waals surface area contributed by atoms with Crippen molar-refractivity contribution >= 4 is 27.3 Å². The molecule has 0 aromatic carbocycles. The fourth-order valence-electron chi connectivity index (χ4n) is 1.11. The van der Waals surface area contributed by atoms with Gasteiger partial charge in [-0.25, -0.2) is 0 Å². The average molecular weight is 249 g/mol. The molecule has 1 heterocycles. The fourth-order valence-corrected chi connectivity index (χ4v) is 2.65. The van der Waals surface area contributed by atoms with Gasteiger partial charge in [-0.1, -0.05) is 13.3 Å². The first-order chi connectivity index (χ1) is 5.77. The van der Waals surface area contributed by atoms with Crippen LogP contribution in [0.2, 0.25) is 0 Å². The molecule has 1 unspecified atom stereocenters. The average Bonchev–Trinajstić information content (AvgIpc) is 2.47. The van der Waals surface area contributed by atoms with E-state index in [4.69, 9.17) is 5.84 Å². The van der Waals surface area contributed by atoms with Gasteiger partial charge >= 0.3 is 0 Å². The minimum Gasteiger partial charge on any atom is -0.271 e. The van der Waals surface area contributed by atoms with Gasteiger partial charge in [0.2, 0.25) is 0 Å². The summed E-state index contributed by atoms with van der Waals surface area (Å²) in [5, 5.41) is 2.08. The number of thiophene rings is 1. The minimum atomic E-state index is 0.311. The molecule has 68 valence electrons. The number of hydrogen-bond donors (Lipinski definition) is 2. The fraction of sp³-hybridized carbons (Fsp3) is 0.500. The van der Waals surface area contributed by atoms with E-state index in [1.165, 1.54) is 4.88 Å².